The summed E-state index contributed by atoms with van der Waals surface area (Å²) in [6.45, 7) is 2.45. The summed E-state index contributed by atoms with van der Waals surface area (Å²) in [4.78, 5) is 37.9. The highest BCUT2D eigenvalue weighted by Gasteiger charge is 2.20. The molecular weight excluding hydrogens is 386 g/mol. The summed E-state index contributed by atoms with van der Waals surface area (Å²) in [5.74, 6) is 0.0631. The monoisotopic (exact) mass is 417 g/mol. The lowest BCUT2D eigenvalue weighted by atomic mass is 9.95. The van der Waals surface area contributed by atoms with Gasteiger partial charge in [-0.3, -0.25) is 14.6 Å². The number of hydroxylamine groups is 1. The van der Waals surface area contributed by atoms with Gasteiger partial charge >= 0.3 is 0 Å². The number of nitrogens with one attached hydrogen (secondary N) is 3. The van der Waals surface area contributed by atoms with Crippen LogP contribution >= 0.6 is 0 Å². The first-order valence-electron chi connectivity index (χ1n) is 10.7. The fourth-order valence-electron chi connectivity index (χ4n) is 3.48. The minimum absolute atomic E-state index is 0.0358. The van der Waals surface area contributed by atoms with Crippen molar-refractivity contribution in [1.82, 2.24) is 20.8 Å². The highest BCUT2D eigenvalue weighted by Crippen LogP contribution is 2.17. The van der Waals surface area contributed by atoms with E-state index in [9.17, 15) is 9.59 Å². The third-order valence-electron chi connectivity index (χ3n) is 5.22. The summed E-state index contributed by atoms with van der Waals surface area (Å²) >= 11 is 0. The van der Waals surface area contributed by atoms with Crippen molar-refractivity contribution in [2.75, 3.05) is 11.9 Å². The van der Waals surface area contributed by atoms with Crippen molar-refractivity contribution in [2.45, 2.75) is 76.7 Å². The molecule has 9 heteroatoms. The van der Waals surface area contributed by atoms with Crippen molar-refractivity contribution in [3.8, 4) is 0 Å². The van der Waals surface area contributed by atoms with Crippen molar-refractivity contribution in [3.05, 3.63) is 24.2 Å². The number of carbonyl (C=O) groups excluding carboxylic acids is 2. The van der Waals surface area contributed by atoms with E-state index in [-0.39, 0.29) is 11.9 Å². The lowest BCUT2D eigenvalue weighted by molar-refractivity contribution is -0.198. The number of amides is 2. The molecule has 0 radical (unpaired) electrons. The summed E-state index contributed by atoms with van der Waals surface area (Å²) < 4.78 is 5.38. The average molecular weight is 418 g/mol. The second kappa shape index (κ2) is 11.6. The van der Waals surface area contributed by atoms with Crippen LogP contribution in [-0.2, 0) is 19.2 Å². The number of rotatable bonds is 8. The predicted molar refractivity (Wildman–Crippen MR) is 112 cm³/mol. The van der Waals surface area contributed by atoms with E-state index in [2.05, 4.69) is 26.1 Å². The quantitative estimate of drug-likeness (QED) is 0.439. The molecular formula is C21H31N5O4. The number of hydrogen-bond donors (Lipinski definition) is 3. The van der Waals surface area contributed by atoms with Gasteiger partial charge in [-0.25, -0.2) is 15.3 Å². The van der Waals surface area contributed by atoms with Crippen LogP contribution in [0.1, 0.15) is 64.0 Å². The lowest BCUT2D eigenvalue weighted by Crippen LogP contribution is -2.44. The molecule has 3 N–H and O–H groups in total. The van der Waals surface area contributed by atoms with Gasteiger partial charge in [0.15, 0.2) is 6.29 Å². The van der Waals surface area contributed by atoms with Gasteiger partial charge in [-0.1, -0.05) is 19.3 Å². The van der Waals surface area contributed by atoms with Crippen LogP contribution in [0.5, 0.6) is 0 Å². The molecule has 30 heavy (non-hydrogen) atoms. The number of aromatic nitrogens is 2. The van der Waals surface area contributed by atoms with Crippen molar-refractivity contribution in [3.63, 3.8) is 0 Å². The second-order valence-electron chi connectivity index (χ2n) is 7.75. The molecule has 9 nitrogen and oxygen atoms in total. The molecule has 0 bridgehead atoms. The number of carbonyl (C=O) groups is 2. The average Bonchev–Trinajstić information content (AvgIpc) is 2.78. The molecule has 1 aliphatic heterocycles. The van der Waals surface area contributed by atoms with Gasteiger partial charge in [-0.2, -0.15) is 0 Å². The molecule has 1 aromatic rings. The Bertz CT molecular complexity index is 713. The number of nitrogens with zero attached hydrogens (tertiary/aromatic N) is 2. The molecule has 0 aromatic carbocycles. The molecule has 1 saturated heterocycles. The maximum Gasteiger partial charge on any atom is 0.267 e. The number of anilines is 1. The molecule has 2 atom stereocenters. The Morgan fingerprint density at radius 2 is 1.93 bits per heavy atom. The number of ether oxygens (including phenoxy) is 1. The van der Waals surface area contributed by atoms with E-state index in [1.54, 1.807) is 6.92 Å². The Kier molecular flexibility index (Phi) is 8.58. The van der Waals surface area contributed by atoms with E-state index in [1.807, 2.05) is 0 Å². The fraction of sp³-hybridized carbons (Fsp3) is 0.619. The molecule has 3 rings (SSSR count). The van der Waals surface area contributed by atoms with Gasteiger partial charge < -0.3 is 15.4 Å². The van der Waals surface area contributed by atoms with Crippen molar-refractivity contribution < 1.29 is 19.2 Å². The van der Waals surface area contributed by atoms with Crippen LogP contribution < -0.4 is 16.1 Å². The SMILES string of the molecule is C[C@@H](Nc1cnc(/C=C/C(=O)NOC2CCCCO2)cn1)C(=O)NC1CCCCC1. The van der Waals surface area contributed by atoms with Gasteiger partial charge in [-0.05, 0) is 38.7 Å². The van der Waals surface area contributed by atoms with E-state index in [1.165, 1.54) is 43.8 Å². The first-order chi connectivity index (χ1) is 14.6. The fourth-order valence-corrected chi connectivity index (χ4v) is 3.48. The van der Waals surface area contributed by atoms with E-state index in [0.29, 0.717) is 18.1 Å². The third kappa shape index (κ3) is 7.38. The molecule has 1 unspecified atom stereocenters. The van der Waals surface area contributed by atoms with Gasteiger partial charge in [0.1, 0.15) is 11.9 Å². The zero-order chi connectivity index (χ0) is 21.2. The summed E-state index contributed by atoms with van der Waals surface area (Å²) in [5.41, 5.74) is 2.87. The minimum atomic E-state index is -0.410. The van der Waals surface area contributed by atoms with Crippen molar-refractivity contribution >= 4 is 23.7 Å². The zero-order valence-electron chi connectivity index (χ0n) is 17.4. The Labute approximate surface area is 177 Å². The highest BCUT2D eigenvalue weighted by molar-refractivity contribution is 5.90. The van der Waals surface area contributed by atoms with Crippen molar-refractivity contribution in [2.24, 2.45) is 0 Å². The molecule has 2 aliphatic rings. The Morgan fingerprint density at radius 3 is 2.63 bits per heavy atom. The zero-order valence-corrected chi connectivity index (χ0v) is 17.4. The molecule has 2 heterocycles. The molecule has 1 aromatic heterocycles. The second-order valence-corrected chi connectivity index (χ2v) is 7.75. The molecule has 164 valence electrons. The van der Waals surface area contributed by atoms with Gasteiger partial charge in [0.05, 0.1) is 18.1 Å². The largest absolute Gasteiger partial charge is 0.357 e. The van der Waals surface area contributed by atoms with E-state index in [4.69, 9.17) is 9.57 Å². The van der Waals surface area contributed by atoms with Crippen LogP contribution in [0.3, 0.4) is 0 Å². The smallest absolute Gasteiger partial charge is 0.267 e. The lowest BCUT2D eigenvalue weighted by Gasteiger charge is -2.24. The first kappa shape index (κ1) is 22.2. The third-order valence-corrected chi connectivity index (χ3v) is 5.22. The van der Waals surface area contributed by atoms with Crippen LogP contribution in [0.25, 0.3) is 6.08 Å². The summed E-state index contributed by atoms with van der Waals surface area (Å²) in [7, 11) is 0. The van der Waals surface area contributed by atoms with Crippen LogP contribution in [0.4, 0.5) is 5.82 Å². The molecule has 1 aliphatic carbocycles. The maximum atomic E-state index is 12.3. The topological polar surface area (TPSA) is 114 Å². The van der Waals surface area contributed by atoms with Crippen LogP contribution in [0.15, 0.2) is 18.5 Å². The van der Waals surface area contributed by atoms with Crippen LogP contribution in [-0.4, -0.2) is 46.8 Å². The molecule has 2 amide bonds. The van der Waals surface area contributed by atoms with Crippen molar-refractivity contribution in [1.29, 1.82) is 0 Å². The Hall–Kier alpha value is -2.52. The Morgan fingerprint density at radius 1 is 1.13 bits per heavy atom. The van der Waals surface area contributed by atoms with E-state index in [0.717, 1.165) is 32.1 Å². The summed E-state index contributed by atoms with van der Waals surface area (Å²) in [5, 5.41) is 6.15. The van der Waals surface area contributed by atoms with Gasteiger partial charge in [-0.15, -0.1) is 0 Å². The minimum Gasteiger partial charge on any atom is -0.357 e. The summed E-state index contributed by atoms with van der Waals surface area (Å²) in [6, 6.07) is -0.138. The normalized spacial score (nSPS) is 21.2. The Balaban J connectivity index is 1.40. The van der Waals surface area contributed by atoms with Crippen LogP contribution in [0, 0.1) is 0 Å². The standard InChI is InChI=1S/C21H31N5O4/c1-15(21(28)25-16-7-3-2-4-8-16)24-18-14-22-17(13-23-18)10-11-19(27)26-30-20-9-5-6-12-29-20/h10-11,13-16,20H,2-9,12H2,1H3,(H,23,24)(H,25,28)(H,26,27)/b11-10+/t15-,20?/m1/s1. The van der Waals surface area contributed by atoms with Gasteiger partial charge in [0.2, 0.25) is 5.91 Å². The van der Waals surface area contributed by atoms with Gasteiger partial charge in [0, 0.05) is 25.1 Å². The predicted octanol–water partition coefficient (Wildman–Crippen LogP) is 2.31. The molecule has 2 fully saturated rings. The maximum absolute atomic E-state index is 12.3. The summed E-state index contributed by atoms with van der Waals surface area (Å²) in [6.07, 6.45) is 14.0. The first-order valence-corrected chi connectivity index (χ1v) is 10.7. The number of hydrogen-bond acceptors (Lipinski definition) is 7. The highest BCUT2D eigenvalue weighted by atomic mass is 16.8. The van der Waals surface area contributed by atoms with Gasteiger partial charge in [0.25, 0.3) is 5.91 Å². The van der Waals surface area contributed by atoms with E-state index < -0.39 is 18.2 Å². The van der Waals surface area contributed by atoms with E-state index >= 15 is 0 Å². The molecule has 0 spiro atoms. The molecule has 1 saturated carbocycles. The van der Waals surface area contributed by atoms with Crippen LogP contribution in [0.2, 0.25) is 0 Å².